The fourth-order valence-corrected chi connectivity index (χ4v) is 4.67. The van der Waals surface area contributed by atoms with Gasteiger partial charge in [-0.2, -0.15) is 0 Å². The van der Waals surface area contributed by atoms with Gasteiger partial charge in [-0.25, -0.2) is 9.59 Å². The molecule has 1 aliphatic heterocycles. The zero-order chi connectivity index (χ0) is 23.8. The summed E-state index contributed by atoms with van der Waals surface area (Å²) < 4.78 is 16.8. The van der Waals surface area contributed by atoms with Gasteiger partial charge < -0.3 is 18.7 Å². The number of fused-ring (bicyclic) bond motifs is 2. The van der Waals surface area contributed by atoms with E-state index >= 15 is 0 Å². The van der Waals surface area contributed by atoms with Crippen LogP contribution in [0.4, 0.5) is 0 Å². The van der Waals surface area contributed by atoms with Crippen molar-refractivity contribution in [1.29, 1.82) is 0 Å². The van der Waals surface area contributed by atoms with E-state index in [0.717, 1.165) is 25.9 Å². The Bertz CT molecular complexity index is 1480. The highest BCUT2D eigenvalue weighted by Crippen LogP contribution is 2.35. The van der Waals surface area contributed by atoms with E-state index in [2.05, 4.69) is 11.8 Å². The van der Waals surface area contributed by atoms with Gasteiger partial charge in [-0.3, -0.25) is 4.90 Å². The van der Waals surface area contributed by atoms with E-state index in [-0.39, 0.29) is 11.3 Å². The molecule has 0 radical (unpaired) electrons. The first-order valence-electron chi connectivity index (χ1n) is 11.7. The normalized spacial score (nSPS) is 15.2. The van der Waals surface area contributed by atoms with Crippen LogP contribution in [0.15, 0.2) is 60.9 Å². The number of aromatic hydroxyl groups is 1. The molecule has 1 fully saturated rings. The van der Waals surface area contributed by atoms with Crippen LogP contribution in [0.5, 0.6) is 11.5 Å². The highest BCUT2D eigenvalue weighted by atomic mass is 16.5. The van der Waals surface area contributed by atoms with Gasteiger partial charge >= 0.3 is 11.3 Å². The average molecular weight is 462 g/mol. The summed E-state index contributed by atoms with van der Waals surface area (Å²) in [6.45, 7) is 6.83. The van der Waals surface area contributed by atoms with Gasteiger partial charge in [0.1, 0.15) is 11.3 Å². The van der Waals surface area contributed by atoms with Crippen molar-refractivity contribution in [2.45, 2.75) is 33.2 Å². The molecule has 0 aliphatic carbocycles. The monoisotopic (exact) mass is 461 g/mol. The van der Waals surface area contributed by atoms with Gasteiger partial charge in [0.15, 0.2) is 11.3 Å². The Morgan fingerprint density at radius 2 is 1.82 bits per heavy atom. The fourth-order valence-electron chi connectivity index (χ4n) is 4.67. The Hall–Kier alpha value is -3.58. The van der Waals surface area contributed by atoms with Gasteiger partial charge in [-0.15, -0.1) is 0 Å². The number of phenolic OH excluding ortho intramolecular Hbond substituents is 1. The van der Waals surface area contributed by atoms with Crippen LogP contribution in [0.1, 0.15) is 32.3 Å². The molecule has 2 aromatic carbocycles. The molecule has 34 heavy (non-hydrogen) atoms. The highest BCUT2D eigenvalue weighted by Gasteiger charge is 2.22. The van der Waals surface area contributed by atoms with Crippen molar-refractivity contribution in [2.75, 3.05) is 19.7 Å². The summed E-state index contributed by atoms with van der Waals surface area (Å²) in [6.07, 6.45) is 2.17. The Kier molecular flexibility index (Phi) is 5.87. The van der Waals surface area contributed by atoms with Gasteiger partial charge in [-0.1, -0.05) is 19.1 Å². The Labute approximate surface area is 196 Å². The average Bonchev–Trinajstić information content (AvgIpc) is 2.82. The van der Waals surface area contributed by atoms with Crippen LogP contribution in [-0.2, 0) is 6.54 Å². The molecule has 7 nitrogen and oxygen atoms in total. The van der Waals surface area contributed by atoms with Crippen LogP contribution in [-0.4, -0.2) is 29.7 Å². The molecule has 176 valence electrons. The molecule has 3 heterocycles. The smallest absolute Gasteiger partial charge is 0.344 e. The summed E-state index contributed by atoms with van der Waals surface area (Å²) in [5.41, 5.74) is 0.705. The van der Waals surface area contributed by atoms with Gasteiger partial charge in [0.25, 0.3) is 0 Å². The Balaban J connectivity index is 1.66. The van der Waals surface area contributed by atoms with E-state index in [0.29, 0.717) is 57.9 Å². The lowest BCUT2D eigenvalue weighted by molar-refractivity contribution is 0.183. The zero-order valence-corrected chi connectivity index (χ0v) is 19.3. The first kappa shape index (κ1) is 22.2. The molecular weight excluding hydrogens is 434 g/mol. The molecule has 1 N–H and O–H groups in total. The molecule has 7 heteroatoms. The minimum Gasteiger partial charge on any atom is -0.507 e. The fraction of sp³-hybridized carbons (Fsp3) is 0.333. The Morgan fingerprint density at radius 3 is 2.59 bits per heavy atom. The minimum absolute atomic E-state index is 0.0679. The second kappa shape index (κ2) is 8.99. The first-order chi connectivity index (χ1) is 16.4. The van der Waals surface area contributed by atoms with Crippen LogP contribution >= 0.6 is 0 Å². The maximum atomic E-state index is 13.0. The molecule has 2 aromatic heterocycles. The lowest BCUT2D eigenvalue weighted by atomic mass is 9.97. The summed E-state index contributed by atoms with van der Waals surface area (Å²) in [6, 6.07) is 11.7. The summed E-state index contributed by atoms with van der Waals surface area (Å²) in [5, 5.41) is 11.9. The molecule has 0 saturated carbocycles. The number of piperidine rings is 1. The third kappa shape index (κ3) is 4.07. The molecule has 0 amide bonds. The summed E-state index contributed by atoms with van der Waals surface area (Å²) in [5.74, 6) is 1.24. The van der Waals surface area contributed by atoms with Crippen molar-refractivity contribution in [3.63, 3.8) is 0 Å². The lowest BCUT2D eigenvalue weighted by Gasteiger charge is -2.30. The van der Waals surface area contributed by atoms with Crippen LogP contribution in [0.3, 0.4) is 0 Å². The van der Waals surface area contributed by atoms with Crippen molar-refractivity contribution < 1.29 is 18.7 Å². The third-order valence-corrected chi connectivity index (χ3v) is 6.56. The Morgan fingerprint density at radius 1 is 1.03 bits per heavy atom. The second-order valence-electron chi connectivity index (χ2n) is 8.93. The summed E-state index contributed by atoms with van der Waals surface area (Å²) >= 11 is 0. The van der Waals surface area contributed by atoms with Crippen molar-refractivity contribution in [1.82, 2.24) is 4.90 Å². The minimum atomic E-state index is -0.593. The van der Waals surface area contributed by atoms with Crippen LogP contribution in [0.25, 0.3) is 33.1 Å². The number of likely N-dealkylation sites (tertiary alicyclic amines) is 1. The standard InChI is InChI=1S/C27H27NO6/c1-3-32-23-6-4-5-17-13-20(27(31)34-25(17)23)19-14-24(30)33-26-18(19)7-8-22(29)21(26)15-28-11-9-16(2)10-12-28/h4-8,13-14,16,29H,3,9-12,15H2,1-2H3. The van der Waals surface area contributed by atoms with Crippen molar-refractivity contribution >= 4 is 21.9 Å². The number of para-hydroxylation sites is 1. The van der Waals surface area contributed by atoms with Crippen LogP contribution < -0.4 is 16.0 Å². The molecule has 0 spiro atoms. The van der Waals surface area contributed by atoms with Crippen LogP contribution in [0, 0.1) is 5.92 Å². The van der Waals surface area contributed by atoms with Gasteiger partial charge in [0, 0.05) is 28.9 Å². The first-order valence-corrected chi connectivity index (χ1v) is 11.7. The van der Waals surface area contributed by atoms with Crippen molar-refractivity contribution in [3.8, 4) is 22.6 Å². The van der Waals surface area contributed by atoms with E-state index in [1.54, 1.807) is 24.3 Å². The molecule has 0 atom stereocenters. The van der Waals surface area contributed by atoms with Gasteiger partial charge in [0.05, 0.1) is 17.7 Å². The second-order valence-corrected chi connectivity index (χ2v) is 8.93. The molecule has 1 saturated heterocycles. The third-order valence-electron chi connectivity index (χ3n) is 6.56. The predicted molar refractivity (Wildman–Crippen MR) is 130 cm³/mol. The van der Waals surface area contributed by atoms with Gasteiger partial charge in [-0.05, 0) is 63.0 Å². The number of phenols is 1. The maximum absolute atomic E-state index is 13.0. The zero-order valence-electron chi connectivity index (χ0n) is 19.3. The molecule has 0 unspecified atom stereocenters. The lowest BCUT2D eigenvalue weighted by Crippen LogP contribution is -2.32. The SMILES string of the molecule is CCOc1cccc2cc(-c3cc(=O)oc4c(CN5CCC(C)CC5)c(O)ccc34)c(=O)oc12. The number of nitrogens with zero attached hydrogens (tertiary/aromatic N) is 1. The van der Waals surface area contributed by atoms with Gasteiger partial charge in [0.2, 0.25) is 0 Å². The molecule has 0 bridgehead atoms. The number of benzene rings is 2. The molecule has 5 rings (SSSR count). The van der Waals surface area contributed by atoms with E-state index in [4.69, 9.17) is 13.6 Å². The van der Waals surface area contributed by atoms with E-state index in [1.807, 2.05) is 19.1 Å². The van der Waals surface area contributed by atoms with E-state index in [1.165, 1.54) is 6.07 Å². The van der Waals surface area contributed by atoms with E-state index in [9.17, 15) is 14.7 Å². The maximum Gasteiger partial charge on any atom is 0.344 e. The number of hydrogen-bond donors (Lipinski definition) is 1. The van der Waals surface area contributed by atoms with E-state index < -0.39 is 11.3 Å². The summed E-state index contributed by atoms with van der Waals surface area (Å²) in [4.78, 5) is 27.9. The van der Waals surface area contributed by atoms with Crippen molar-refractivity contribution in [3.05, 3.63) is 68.9 Å². The molecular formula is C27H27NO6. The van der Waals surface area contributed by atoms with Crippen molar-refractivity contribution in [2.24, 2.45) is 5.92 Å². The molecule has 1 aliphatic rings. The number of ether oxygens (including phenoxy) is 1. The molecule has 4 aromatic rings. The summed E-state index contributed by atoms with van der Waals surface area (Å²) in [7, 11) is 0. The van der Waals surface area contributed by atoms with Crippen LogP contribution in [0.2, 0.25) is 0 Å². The quantitative estimate of drug-likeness (QED) is 0.423. The predicted octanol–water partition coefficient (Wildman–Crippen LogP) is 4.90. The topological polar surface area (TPSA) is 93.1 Å². The number of rotatable bonds is 5. The highest BCUT2D eigenvalue weighted by molar-refractivity contribution is 5.97. The number of hydrogen-bond acceptors (Lipinski definition) is 7. The largest absolute Gasteiger partial charge is 0.507 e.